The van der Waals surface area contributed by atoms with Crippen molar-refractivity contribution in [3.05, 3.63) is 6.33 Å². The molecule has 0 spiro atoms. The Balaban J connectivity index is 2.76. The predicted octanol–water partition coefficient (Wildman–Crippen LogP) is -0.135. The molecule has 0 aliphatic heterocycles. The van der Waals surface area contributed by atoms with Gasteiger partial charge in [-0.25, -0.2) is 9.36 Å². The van der Waals surface area contributed by atoms with Crippen molar-refractivity contribution in [1.29, 1.82) is 0 Å². The van der Waals surface area contributed by atoms with E-state index in [-0.39, 0.29) is 5.95 Å². The summed E-state index contributed by atoms with van der Waals surface area (Å²) in [5, 5.41) is 6.82. The maximum Gasteiger partial charge on any atom is 0.422 e. The van der Waals surface area contributed by atoms with Crippen LogP contribution in [-0.4, -0.2) is 27.5 Å². The number of rotatable bonds is 1. The Morgan fingerprint density at radius 2 is 2.64 bits per heavy atom. The molecule has 0 saturated heterocycles. The number of nitrogens with two attached hydrogens (primary N) is 1. The van der Waals surface area contributed by atoms with Crippen LogP contribution in [0, 0.1) is 0 Å². The second-order valence-corrected chi connectivity index (χ2v) is 1.76. The standard InChI is InChI=1S/C5H8N4O2/c1-2-11-5(10)9-3-7-8-4(9)6/h3H,2H2,1H3,(H2,6,8). The van der Waals surface area contributed by atoms with E-state index in [1.54, 1.807) is 6.92 Å². The zero-order chi connectivity index (χ0) is 8.27. The summed E-state index contributed by atoms with van der Waals surface area (Å²) in [6.07, 6.45) is 0.642. The van der Waals surface area contributed by atoms with Gasteiger partial charge in [0.05, 0.1) is 6.61 Å². The van der Waals surface area contributed by atoms with Crippen molar-refractivity contribution in [3.63, 3.8) is 0 Å². The molecule has 0 aliphatic carbocycles. The van der Waals surface area contributed by atoms with Gasteiger partial charge in [0.25, 0.3) is 0 Å². The van der Waals surface area contributed by atoms with Gasteiger partial charge in [0.15, 0.2) is 0 Å². The van der Waals surface area contributed by atoms with E-state index in [0.717, 1.165) is 4.57 Å². The van der Waals surface area contributed by atoms with E-state index in [4.69, 9.17) is 5.73 Å². The number of carbonyl (C=O) groups is 1. The number of anilines is 1. The third kappa shape index (κ3) is 1.46. The van der Waals surface area contributed by atoms with Crippen molar-refractivity contribution in [2.24, 2.45) is 0 Å². The topological polar surface area (TPSA) is 83.0 Å². The van der Waals surface area contributed by atoms with Gasteiger partial charge >= 0.3 is 6.09 Å². The van der Waals surface area contributed by atoms with Crippen LogP contribution in [0.15, 0.2) is 6.33 Å². The highest BCUT2D eigenvalue weighted by Gasteiger charge is 2.08. The first-order valence-electron chi connectivity index (χ1n) is 3.08. The van der Waals surface area contributed by atoms with E-state index in [1.165, 1.54) is 6.33 Å². The number of carbonyl (C=O) groups excluding carboxylic acids is 1. The SMILES string of the molecule is CCOC(=O)n1cnnc1N. The Morgan fingerprint density at radius 1 is 1.91 bits per heavy atom. The van der Waals surface area contributed by atoms with E-state index in [2.05, 4.69) is 14.9 Å². The number of hydrogen-bond donors (Lipinski definition) is 1. The van der Waals surface area contributed by atoms with E-state index in [9.17, 15) is 4.79 Å². The lowest BCUT2D eigenvalue weighted by Crippen LogP contribution is -2.14. The number of nitrogens with zero attached hydrogens (tertiary/aromatic N) is 3. The molecule has 1 heterocycles. The maximum absolute atomic E-state index is 10.9. The molecule has 1 rings (SSSR count). The van der Waals surface area contributed by atoms with Gasteiger partial charge in [-0.15, -0.1) is 10.2 Å². The minimum absolute atomic E-state index is 0.0310. The van der Waals surface area contributed by atoms with Gasteiger partial charge < -0.3 is 10.5 Å². The first-order chi connectivity index (χ1) is 5.25. The summed E-state index contributed by atoms with van der Waals surface area (Å²) >= 11 is 0. The van der Waals surface area contributed by atoms with Crippen LogP contribution in [0.2, 0.25) is 0 Å². The Morgan fingerprint density at radius 3 is 3.09 bits per heavy atom. The molecule has 1 aromatic heterocycles. The molecule has 60 valence electrons. The molecule has 0 unspecified atom stereocenters. The van der Waals surface area contributed by atoms with Crippen LogP contribution in [0.5, 0.6) is 0 Å². The predicted molar refractivity (Wildman–Crippen MR) is 36.9 cm³/mol. The molecule has 0 amide bonds. The molecule has 6 nitrogen and oxygen atoms in total. The molecule has 0 aromatic carbocycles. The summed E-state index contributed by atoms with van der Waals surface area (Å²) in [6, 6.07) is 0. The molecule has 0 fully saturated rings. The van der Waals surface area contributed by atoms with Crippen LogP contribution in [0.1, 0.15) is 6.92 Å². The van der Waals surface area contributed by atoms with Crippen LogP contribution in [-0.2, 0) is 4.74 Å². The van der Waals surface area contributed by atoms with Crippen LogP contribution < -0.4 is 5.73 Å². The highest BCUT2D eigenvalue weighted by molar-refractivity contribution is 5.72. The van der Waals surface area contributed by atoms with Crippen molar-refractivity contribution in [2.75, 3.05) is 12.3 Å². The van der Waals surface area contributed by atoms with E-state index in [0.29, 0.717) is 6.61 Å². The second kappa shape index (κ2) is 3.00. The Kier molecular flexibility index (Phi) is 2.05. The van der Waals surface area contributed by atoms with Gasteiger partial charge in [-0.3, -0.25) is 0 Å². The molecule has 1 aromatic rings. The van der Waals surface area contributed by atoms with E-state index < -0.39 is 6.09 Å². The zero-order valence-electron chi connectivity index (χ0n) is 6.02. The molecule has 0 atom stereocenters. The fourth-order valence-corrected chi connectivity index (χ4v) is 0.578. The number of hydrogen-bond acceptors (Lipinski definition) is 5. The van der Waals surface area contributed by atoms with Crippen molar-refractivity contribution < 1.29 is 9.53 Å². The van der Waals surface area contributed by atoms with Gasteiger partial charge in [0, 0.05) is 0 Å². The zero-order valence-corrected chi connectivity index (χ0v) is 6.02. The minimum Gasteiger partial charge on any atom is -0.449 e. The highest BCUT2D eigenvalue weighted by Crippen LogP contribution is 1.96. The number of aromatic nitrogens is 3. The first kappa shape index (κ1) is 7.52. The maximum atomic E-state index is 10.9. The largest absolute Gasteiger partial charge is 0.449 e. The van der Waals surface area contributed by atoms with Crippen LogP contribution in [0.3, 0.4) is 0 Å². The van der Waals surface area contributed by atoms with Crippen LogP contribution in [0.4, 0.5) is 10.7 Å². The molecule has 0 saturated carbocycles. The summed E-state index contributed by atoms with van der Waals surface area (Å²) in [7, 11) is 0. The summed E-state index contributed by atoms with van der Waals surface area (Å²) in [5.41, 5.74) is 5.26. The lowest BCUT2D eigenvalue weighted by atomic mass is 10.8. The third-order valence-corrected chi connectivity index (χ3v) is 1.04. The van der Waals surface area contributed by atoms with Gasteiger partial charge in [0.1, 0.15) is 6.33 Å². The lowest BCUT2D eigenvalue weighted by Gasteiger charge is -2.00. The van der Waals surface area contributed by atoms with Crippen molar-refractivity contribution in [3.8, 4) is 0 Å². The summed E-state index contributed by atoms with van der Waals surface area (Å²) in [5.74, 6) is 0.0310. The molecular weight excluding hydrogens is 148 g/mol. The molecule has 0 radical (unpaired) electrons. The van der Waals surface area contributed by atoms with Crippen molar-refractivity contribution in [2.45, 2.75) is 6.92 Å². The van der Waals surface area contributed by atoms with Gasteiger partial charge in [-0.2, -0.15) is 0 Å². The van der Waals surface area contributed by atoms with E-state index in [1.807, 2.05) is 0 Å². The average Bonchev–Trinajstić information content (AvgIpc) is 2.36. The second-order valence-electron chi connectivity index (χ2n) is 1.76. The summed E-state index contributed by atoms with van der Waals surface area (Å²) in [4.78, 5) is 10.9. The lowest BCUT2D eigenvalue weighted by molar-refractivity contribution is 0.154. The monoisotopic (exact) mass is 156 g/mol. The van der Waals surface area contributed by atoms with Gasteiger partial charge in [0.2, 0.25) is 5.95 Å². The minimum atomic E-state index is -0.560. The smallest absolute Gasteiger partial charge is 0.422 e. The fourth-order valence-electron chi connectivity index (χ4n) is 0.578. The third-order valence-electron chi connectivity index (χ3n) is 1.04. The number of ether oxygens (including phenoxy) is 1. The Bertz CT molecular complexity index is 257. The Labute approximate surface area is 63.0 Å². The average molecular weight is 156 g/mol. The first-order valence-corrected chi connectivity index (χ1v) is 3.08. The molecule has 0 aliphatic rings. The molecule has 0 bridgehead atoms. The summed E-state index contributed by atoms with van der Waals surface area (Å²) < 4.78 is 5.66. The van der Waals surface area contributed by atoms with E-state index >= 15 is 0 Å². The molecule has 2 N–H and O–H groups in total. The molecule has 6 heteroatoms. The molecular formula is C5H8N4O2. The van der Waals surface area contributed by atoms with Crippen LogP contribution in [0.25, 0.3) is 0 Å². The highest BCUT2D eigenvalue weighted by atomic mass is 16.5. The van der Waals surface area contributed by atoms with Crippen molar-refractivity contribution in [1.82, 2.24) is 14.8 Å². The normalized spacial score (nSPS) is 9.55. The van der Waals surface area contributed by atoms with Crippen LogP contribution >= 0.6 is 0 Å². The quantitative estimate of drug-likeness (QED) is 0.612. The van der Waals surface area contributed by atoms with Gasteiger partial charge in [-0.05, 0) is 6.92 Å². The van der Waals surface area contributed by atoms with Crippen molar-refractivity contribution >= 4 is 12.0 Å². The van der Waals surface area contributed by atoms with Gasteiger partial charge in [-0.1, -0.05) is 0 Å². The fraction of sp³-hybridized carbons (Fsp3) is 0.400. The summed E-state index contributed by atoms with van der Waals surface area (Å²) in [6.45, 7) is 2.01. The number of nitrogen functional groups attached to an aromatic ring is 1. The Hall–Kier alpha value is -1.59. The molecule has 11 heavy (non-hydrogen) atoms.